The number of carbonyl (C=O) groups excluding carboxylic acids is 3. The zero-order valence-corrected chi connectivity index (χ0v) is 11.9. The van der Waals surface area contributed by atoms with E-state index in [-0.39, 0.29) is 24.3 Å². The van der Waals surface area contributed by atoms with Gasteiger partial charge >= 0.3 is 0 Å². The number of allylic oxidation sites excluding steroid dienone is 1. The number of likely N-dealkylation sites (tertiary alicyclic amines) is 1. The van der Waals surface area contributed by atoms with Crippen molar-refractivity contribution < 1.29 is 14.4 Å². The smallest absolute Gasteiger partial charge is 0.229 e. The lowest BCUT2D eigenvalue weighted by Crippen LogP contribution is -2.44. The van der Waals surface area contributed by atoms with Gasteiger partial charge in [0.2, 0.25) is 17.7 Å². The number of hydrazone groups is 1. The summed E-state index contributed by atoms with van der Waals surface area (Å²) < 4.78 is 0. The molecule has 1 aliphatic heterocycles. The zero-order chi connectivity index (χ0) is 15.1. The third-order valence-electron chi connectivity index (χ3n) is 2.95. The quantitative estimate of drug-likeness (QED) is 0.435. The Morgan fingerprint density at radius 2 is 2.05 bits per heavy atom. The van der Waals surface area contributed by atoms with Crippen LogP contribution in [-0.4, -0.2) is 47.4 Å². The van der Waals surface area contributed by atoms with Crippen LogP contribution in [0.25, 0.3) is 0 Å². The summed E-state index contributed by atoms with van der Waals surface area (Å²) in [5, 5.41) is 7.87. The Bertz CT molecular complexity index is 429. The normalized spacial score (nSPS) is 16.1. The van der Waals surface area contributed by atoms with Crippen molar-refractivity contribution in [2.24, 2.45) is 5.10 Å². The van der Waals surface area contributed by atoms with Crippen LogP contribution in [0.1, 0.15) is 33.1 Å². The molecule has 0 aromatic carbocycles. The van der Waals surface area contributed by atoms with Crippen molar-refractivity contribution >= 4 is 24.4 Å². The first-order chi connectivity index (χ1) is 9.49. The van der Waals surface area contributed by atoms with E-state index in [1.165, 1.54) is 16.8 Å². The predicted molar refractivity (Wildman–Crippen MR) is 74.4 cm³/mol. The molecular weight excluding hydrogens is 260 g/mol. The number of amides is 3. The van der Waals surface area contributed by atoms with Gasteiger partial charge in [-0.05, 0) is 19.4 Å². The molecule has 0 atom stereocenters. The molecule has 0 aromatic heterocycles. The molecule has 7 nitrogen and oxygen atoms in total. The van der Waals surface area contributed by atoms with Crippen molar-refractivity contribution in [1.29, 1.82) is 0 Å². The number of nitrogens with zero attached hydrogens (tertiary/aromatic N) is 3. The fourth-order valence-electron chi connectivity index (χ4n) is 1.98. The highest BCUT2D eigenvalue weighted by atomic mass is 16.2. The number of piperidine rings is 1. The number of hydrogen-bond acceptors (Lipinski definition) is 5. The fourth-order valence-corrected chi connectivity index (χ4v) is 1.98. The van der Waals surface area contributed by atoms with Gasteiger partial charge in [-0.1, -0.05) is 0 Å². The van der Waals surface area contributed by atoms with Crippen LogP contribution in [0.5, 0.6) is 0 Å². The number of carbonyl (C=O) groups is 3. The molecule has 110 valence electrons. The Labute approximate surface area is 118 Å². The zero-order valence-electron chi connectivity index (χ0n) is 11.9. The van der Waals surface area contributed by atoms with Gasteiger partial charge in [0, 0.05) is 33.0 Å². The lowest BCUT2D eigenvalue weighted by atomic mass is 10.1. The van der Waals surface area contributed by atoms with Crippen LogP contribution in [0.2, 0.25) is 0 Å². The van der Waals surface area contributed by atoms with E-state index in [2.05, 4.69) is 17.1 Å². The molecule has 7 heteroatoms. The Hall–Kier alpha value is -2.18. The topological polar surface area (TPSA) is 82.1 Å². The van der Waals surface area contributed by atoms with Crippen LogP contribution >= 0.6 is 0 Å². The minimum absolute atomic E-state index is 0.160. The summed E-state index contributed by atoms with van der Waals surface area (Å²) in [6.45, 7) is 7.10. The highest BCUT2D eigenvalue weighted by Gasteiger charge is 2.26. The average Bonchev–Trinajstić information content (AvgIpc) is 2.40. The summed E-state index contributed by atoms with van der Waals surface area (Å²) in [5.74, 6) is -0.0695. The first kappa shape index (κ1) is 15.9. The van der Waals surface area contributed by atoms with E-state index in [0.29, 0.717) is 31.6 Å². The van der Waals surface area contributed by atoms with E-state index < -0.39 is 0 Å². The van der Waals surface area contributed by atoms with Gasteiger partial charge in [0.1, 0.15) is 5.82 Å². The maximum absolute atomic E-state index is 11.7. The van der Waals surface area contributed by atoms with Crippen LogP contribution in [0.4, 0.5) is 0 Å². The molecule has 0 spiro atoms. The molecule has 3 amide bonds. The van der Waals surface area contributed by atoms with Crippen molar-refractivity contribution in [1.82, 2.24) is 15.2 Å². The number of hydrogen-bond donors (Lipinski definition) is 1. The number of imide groups is 1. The van der Waals surface area contributed by atoms with Gasteiger partial charge in [-0.2, -0.15) is 5.10 Å². The van der Waals surface area contributed by atoms with Gasteiger partial charge in [-0.25, -0.2) is 5.01 Å². The van der Waals surface area contributed by atoms with Crippen LogP contribution < -0.4 is 5.32 Å². The molecule has 0 bridgehead atoms. The largest absolute Gasteiger partial charge is 0.311 e. The van der Waals surface area contributed by atoms with Crippen LogP contribution in [0.15, 0.2) is 17.0 Å². The van der Waals surface area contributed by atoms with Crippen molar-refractivity contribution in [2.45, 2.75) is 33.1 Å². The van der Waals surface area contributed by atoms with Crippen molar-refractivity contribution in [2.75, 3.05) is 13.1 Å². The summed E-state index contributed by atoms with van der Waals surface area (Å²) in [4.78, 5) is 35.7. The van der Waals surface area contributed by atoms with E-state index in [0.717, 1.165) is 0 Å². The Morgan fingerprint density at radius 1 is 1.45 bits per heavy atom. The van der Waals surface area contributed by atoms with Gasteiger partial charge in [-0.3, -0.25) is 19.3 Å². The molecule has 1 heterocycles. The monoisotopic (exact) mass is 280 g/mol. The lowest BCUT2D eigenvalue weighted by molar-refractivity contribution is -0.148. The molecular formula is C13H20N4O3. The molecule has 0 radical (unpaired) electrons. The SMILES string of the molecule is C=NN(CCN1C(=O)CCCC1=O)/C(=C\C)NC(C)=O. The summed E-state index contributed by atoms with van der Waals surface area (Å²) in [6, 6.07) is 0. The minimum atomic E-state index is -0.225. The molecule has 0 aromatic rings. The van der Waals surface area contributed by atoms with Crippen LogP contribution in [0, 0.1) is 0 Å². The van der Waals surface area contributed by atoms with Crippen molar-refractivity contribution in [3.63, 3.8) is 0 Å². The Morgan fingerprint density at radius 3 is 2.50 bits per heavy atom. The predicted octanol–water partition coefficient (Wildman–Crippen LogP) is 0.440. The highest BCUT2D eigenvalue weighted by molar-refractivity contribution is 5.97. The molecule has 1 N–H and O–H groups in total. The van der Waals surface area contributed by atoms with Gasteiger partial charge in [0.05, 0.1) is 6.54 Å². The van der Waals surface area contributed by atoms with Crippen LogP contribution in [-0.2, 0) is 14.4 Å². The molecule has 1 fully saturated rings. The molecule has 0 saturated carbocycles. The number of rotatable bonds is 6. The molecule has 0 unspecified atom stereocenters. The van der Waals surface area contributed by atoms with E-state index in [4.69, 9.17) is 0 Å². The molecule has 0 aliphatic carbocycles. The molecule has 1 rings (SSSR count). The van der Waals surface area contributed by atoms with Gasteiger partial charge < -0.3 is 5.32 Å². The van der Waals surface area contributed by atoms with Gasteiger partial charge in [0.25, 0.3) is 0 Å². The highest BCUT2D eigenvalue weighted by Crippen LogP contribution is 2.12. The average molecular weight is 280 g/mol. The molecule has 20 heavy (non-hydrogen) atoms. The summed E-state index contributed by atoms with van der Waals surface area (Å²) in [5.41, 5.74) is 0. The summed E-state index contributed by atoms with van der Waals surface area (Å²) >= 11 is 0. The van der Waals surface area contributed by atoms with Crippen molar-refractivity contribution in [3.8, 4) is 0 Å². The van der Waals surface area contributed by atoms with Gasteiger partial charge in [-0.15, -0.1) is 0 Å². The third kappa shape index (κ3) is 4.18. The van der Waals surface area contributed by atoms with E-state index in [1.807, 2.05) is 0 Å². The summed E-state index contributed by atoms with van der Waals surface area (Å²) in [6.07, 6.45) is 3.09. The standard InChI is InChI=1S/C13H20N4O3/c1-4-11(15-10(2)18)17(14-3)9-8-16-12(19)6-5-7-13(16)20/h4H,3,5-9H2,1-2H3,(H,15,18)/b11-4-. The van der Waals surface area contributed by atoms with Crippen LogP contribution in [0.3, 0.4) is 0 Å². The first-order valence-electron chi connectivity index (χ1n) is 6.51. The second-order valence-electron chi connectivity index (χ2n) is 4.41. The first-order valence-corrected chi connectivity index (χ1v) is 6.51. The maximum atomic E-state index is 11.7. The van der Waals surface area contributed by atoms with Gasteiger partial charge in [0.15, 0.2) is 0 Å². The lowest BCUT2D eigenvalue weighted by Gasteiger charge is -2.28. The van der Waals surface area contributed by atoms with Crippen molar-refractivity contribution in [3.05, 3.63) is 11.9 Å². The van der Waals surface area contributed by atoms with E-state index in [1.54, 1.807) is 13.0 Å². The minimum Gasteiger partial charge on any atom is -0.311 e. The summed E-state index contributed by atoms with van der Waals surface area (Å²) in [7, 11) is 0. The van der Waals surface area contributed by atoms with E-state index in [9.17, 15) is 14.4 Å². The Balaban J connectivity index is 2.64. The second-order valence-corrected chi connectivity index (χ2v) is 4.41. The maximum Gasteiger partial charge on any atom is 0.229 e. The molecule has 1 aliphatic rings. The number of nitrogens with one attached hydrogen (secondary N) is 1. The third-order valence-corrected chi connectivity index (χ3v) is 2.95. The Kier molecular flexibility index (Phi) is 5.89. The molecule has 1 saturated heterocycles. The van der Waals surface area contributed by atoms with E-state index >= 15 is 0 Å². The fraction of sp³-hybridized carbons (Fsp3) is 0.538. The second kappa shape index (κ2) is 7.42.